The highest BCUT2D eigenvalue weighted by Crippen LogP contribution is 2.38. The van der Waals surface area contributed by atoms with Crippen LogP contribution in [-0.4, -0.2) is 68.5 Å². The van der Waals surface area contributed by atoms with E-state index >= 15 is 0 Å². The molecule has 0 aliphatic heterocycles. The molecule has 0 heterocycles. The van der Waals surface area contributed by atoms with Crippen molar-refractivity contribution >= 4 is 13.7 Å². The Balaban J connectivity index is 4.32. The van der Waals surface area contributed by atoms with E-state index in [4.69, 9.17) is 9.05 Å². The number of aliphatic hydroxyl groups excluding tert-OH is 1. The predicted molar refractivity (Wildman–Crippen MR) is 265 cm³/mol. The summed E-state index contributed by atoms with van der Waals surface area (Å²) in [4.78, 5) is 25.4. The molecule has 0 aromatic heterocycles. The van der Waals surface area contributed by atoms with Crippen LogP contribution in [0.5, 0.6) is 0 Å². The average molecular weight is 893 g/mol. The van der Waals surface area contributed by atoms with Crippen molar-refractivity contribution in [2.24, 2.45) is 0 Å². The Kier molecular flexibility index (Phi) is 43.5. The molecule has 0 saturated carbocycles. The first-order valence-corrected chi connectivity index (χ1v) is 27.5. The fraction of sp³-hybridized carbons (Fsp3) is 0.830. The van der Waals surface area contributed by atoms with Gasteiger partial charge < -0.3 is 28.8 Å². The maximum Gasteiger partial charge on any atom is 0.268 e. The fourth-order valence-electron chi connectivity index (χ4n) is 7.38. The van der Waals surface area contributed by atoms with Crippen molar-refractivity contribution in [1.29, 1.82) is 0 Å². The van der Waals surface area contributed by atoms with Gasteiger partial charge in [-0.2, -0.15) is 0 Å². The van der Waals surface area contributed by atoms with Crippen LogP contribution in [-0.2, 0) is 18.4 Å². The van der Waals surface area contributed by atoms with Crippen LogP contribution in [0.15, 0.2) is 48.6 Å². The third-order valence-electron chi connectivity index (χ3n) is 11.5. The molecule has 62 heavy (non-hydrogen) atoms. The average Bonchev–Trinajstić information content (AvgIpc) is 3.23. The highest BCUT2D eigenvalue weighted by atomic mass is 31.2. The van der Waals surface area contributed by atoms with E-state index in [0.29, 0.717) is 17.4 Å². The summed E-state index contributed by atoms with van der Waals surface area (Å²) in [6.07, 6.45) is 57.4. The second-order valence-corrected chi connectivity index (χ2v) is 20.3. The normalized spacial score (nSPS) is 14.5. The highest BCUT2D eigenvalue weighted by Gasteiger charge is 2.23. The van der Waals surface area contributed by atoms with Crippen LogP contribution < -0.4 is 10.2 Å². The van der Waals surface area contributed by atoms with Crippen molar-refractivity contribution in [3.05, 3.63) is 48.6 Å². The van der Waals surface area contributed by atoms with Gasteiger partial charge in [-0.15, -0.1) is 0 Å². The van der Waals surface area contributed by atoms with E-state index in [0.717, 1.165) is 44.9 Å². The summed E-state index contributed by atoms with van der Waals surface area (Å²) >= 11 is 0. The lowest BCUT2D eigenvalue weighted by Gasteiger charge is -2.29. The van der Waals surface area contributed by atoms with Crippen LogP contribution in [0.1, 0.15) is 232 Å². The Morgan fingerprint density at radius 1 is 0.565 bits per heavy atom. The predicted octanol–water partition coefficient (Wildman–Crippen LogP) is 14.6. The van der Waals surface area contributed by atoms with Gasteiger partial charge >= 0.3 is 0 Å². The molecule has 2 N–H and O–H groups in total. The lowest BCUT2D eigenvalue weighted by molar-refractivity contribution is -0.870. The summed E-state index contributed by atoms with van der Waals surface area (Å²) in [6, 6.07) is -0.905. The number of rotatable bonds is 47. The van der Waals surface area contributed by atoms with E-state index < -0.39 is 26.6 Å². The first-order valence-electron chi connectivity index (χ1n) is 26.0. The van der Waals surface area contributed by atoms with Gasteiger partial charge in [-0.25, -0.2) is 0 Å². The monoisotopic (exact) mass is 893 g/mol. The number of carbonyl (C=O) groups excluding carboxylic acids is 1. The van der Waals surface area contributed by atoms with Crippen LogP contribution in [0.25, 0.3) is 0 Å². The minimum absolute atomic E-state index is 0.00742. The smallest absolute Gasteiger partial charge is 0.268 e. The number of hydrogen-bond acceptors (Lipinski definition) is 6. The van der Waals surface area contributed by atoms with E-state index in [-0.39, 0.29) is 12.5 Å². The van der Waals surface area contributed by atoms with Gasteiger partial charge in [0.1, 0.15) is 13.2 Å². The number of amides is 1. The van der Waals surface area contributed by atoms with Crippen LogP contribution in [0.2, 0.25) is 0 Å². The molecule has 0 saturated heterocycles. The number of nitrogens with one attached hydrogen (secondary N) is 1. The number of quaternary nitrogens is 1. The number of carbonyl (C=O) groups is 1. The molecule has 0 aliphatic rings. The minimum atomic E-state index is -4.60. The molecule has 0 fully saturated rings. The summed E-state index contributed by atoms with van der Waals surface area (Å²) in [7, 11) is 1.24. The molecule has 0 radical (unpaired) electrons. The maximum atomic E-state index is 12.9. The molecular weight excluding hydrogens is 792 g/mol. The van der Waals surface area contributed by atoms with Crippen LogP contribution in [0.3, 0.4) is 0 Å². The topological polar surface area (TPSA) is 108 Å². The van der Waals surface area contributed by atoms with Crippen LogP contribution in [0.4, 0.5) is 0 Å². The molecule has 8 nitrogen and oxygen atoms in total. The molecule has 3 atom stereocenters. The van der Waals surface area contributed by atoms with Gasteiger partial charge in [0.05, 0.1) is 39.9 Å². The Bertz CT molecular complexity index is 1150. The molecule has 9 heteroatoms. The van der Waals surface area contributed by atoms with Crippen molar-refractivity contribution in [3.8, 4) is 0 Å². The number of nitrogens with zero attached hydrogens (tertiary/aromatic N) is 1. The van der Waals surface area contributed by atoms with E-state index in [9.17, 15) is 19.4 Å². The number of aliphatic hydroxyl groups is 1. The quantitative estimate of drug-likeness (QED) is 0.0273. The summed E-state index contributed by atoms with van der Waals surface area (Å²) in [5.74, 6) is -0.209. The van der Waals surface area contributed by atoms with Crippen molar-refractivity contribution in [2.45, 2.75) is 244 Å². The van der Waals surface area contributed by atoms with Gasteiger partial charge in [0, 0.05) is 6.42 Å². The first-order chi connectivity index (χ1) is 30.0. The molecule has 0 aliphatic carbocycles. The van der Waals surface area contributed by atoms with Crippen LogP contribution in [0, 0.1) is 0 Å². The van der Waals surface area contributed by atoms with E-state index in [2.05, 4.69) is 55.6 Å². The van der Waals surface area contributed by atoms with E-state index in [1.54, 1.807) is 6.08 Å². The third-order valence-corrected chi connectivity index (χ3v) is 12.5. The Labute approximate surface area is 384 Å². The van der Waals surface area contributed by atoms with E-state index in [1.807, 2.05) is 27.2 Å². The summed E-state index contributed by atoms with van der Waals surface area (Å²) in [5.41, 5.74) is 0. The number of allylic oxidation sites excluding steroid dienone is 7. The van der Waals surface area contributed by atoms with Gasteiger partial charge in [0.25, 0.3) is 7.82 Å². The second kappa shape index (κ2) is 44.7. The fourth-order valence-corrected chi connectivity index (χ4v) is 8.10. The van der Waals surface area contributed by atoms with Gasteiger partial charge in [-0.05, 0) is 64.2 Å². The number of phosphoric acid groups is 1. The standard InChI is InChI=1S/C53H101N2O6P/c1-6-8-10-12-14-16-18-20-22-24-25-26-27-28-29-31-33-35-37-39-41-43-45-47-53(57)54-51(50-61-62(58,59)60-49-48-55(3,4)5)52(56)46-44-42-40-38-36-34-32-30-23-21-19-17-15-13-11-9-7-2/h18,20,24-25,36,38,44,46,51-52,56H,6-17,19,21-23,26-35,37,39-43,45,47-50H2,1-5H3,(H-,54,57,58,59)/b20-18-,25-24-,38-36+,46-44+. The zero-order chi connectivity index (χ0) is 45.7. The lowest BCUT2D eigenvalue weighted by atomic mass is 10.0. The largest absolute Gasteiger partial charge is 0.756 e. The zero-order valence-corrected chi connectivity index (χ0v) is 42.2. The van der Waals surface area contributed by atoms with Gasteiger partial charge in [0.2, 0.25) is 5.91 Å². The van der Waals surface area contributed by atoms with E-state index in [1.165, 1.54) is 167 Å². The summed E-state index contributed by atoms with van der Waals surface area (Å²) < 4.78 is 23.3. The van der Waals surface area contributed by atoms with Crippen molar-refractivity contribution in [1.82, 2.24) is 5.32 Å². The first kappa shape index (κ1) is 60.5. The zero-order valence-electron chi connectivity index (χ0n) is 41.3. The molecule has 0 spiro atoms. The molecule has 1 amide bonds. The molecule has 0 aromatic carbocycles. The Hall–Kier alpha value is -1.54. The van der Waals surface area contributed by atoms with Gasteiger partial charge in [0.15, 0.2) is 0 Å². The van der Waals surface area contributed by atoms with Gasteiger partial charge in [-0.3, -0.25) is 9.36 Å². The molecule has 3 unspecified atom stereocenters. The Morgan fingerprint density at radius 2 is 0.952 bits per heavy atom. The third kappa shape index (κ3) is 46.5. The lowest BCUT2D eigenvalue weighted by Crippen LogP contribution is -2.45. The second-order valence-electron chi connectivity index (χ2n) is 18.9. The molecule has 0 bridgehead atoms. The van der Waals surface area contributed by atoms with Crippen molar-refractivity contribution < 1.29 is 32.9 Å². The number of hydrogen-bond donors (Lipinski definition) is 2. The SMILES string of the molecule is CCCCCCC/C=C\C/C=C\CCCCCCCCCCCCCC(=O)NC(COP(=O)([O-])OCC[N+](C)(C)C)C(O)/C=C/CC/C=C/CCCCCCCCCCCCC. The number of likely N-dealkylation sites (N-methyl/N-ethyl adjacent to an activating group) is 1. The molecular formula is C53H101N2O6P. The maximum absolute atomic E-state index is 12.9. The highest BCUT2D eigenvalue weighted by molar-refractivity contribution is 7.45. The molecule has 0 rings (SSSR count). The van der Waals surface area contributed by atoms with Crippen molar-refractivity contribution in [3.63, 3.8) is 0 Å². The van der Waals surface area contributed by atoms with Crippen molar-refractivity contribution in [2.75, 3.05) is 40.9 Å². The summed E-state index contributed by atoms with van der Waals surface area (Å²) in [5, 5.41) is 13.8. The minimum Gasteiger partial charge on any atom is -0.756 e. The number of phosphoric ester groups is 1. The van der Waals surface area contributed by atoms with Gasteiger partial charge in [-0.1, -0.05) is 210 Å². The molecule has 0 aromatic rings. The summed E-state index contributed by atoms with van der Waals surface area (Å²) in [6.45, 7) is 4.62. The molecule has 364 valence electrons. The van der Waals surface area contributed by atoms with Crippen LogP contribution >= 0.6 is 7.82 Å². The Morgan fingerprint density at radius 3 is 1.40 bits per heavy atom. The number of unbranched alkanes of at least 4 members (excludes halogenated alkanes) is 28.